The number of benzene rings is 1. The zero-order valence-corrected chi connectivity index (χ0v) is 9.77. The van der Waals surface area contributed by atoms with Crippen molar-refractivity contribution in [2.45, 2.75) is 0 Å². The van der Waals surface area contributed by atoms with Crippen LogP contribution in [-0.2, 0) is 0 Å². The minimum Gasteiger partial charge on any atom is -0.358 e. The van der Waals surface area contributed by atoms with Crippen LogP contribution in [-0.4, -0.2) is 26.0 Å². The van der Waals surface area contributed by atoms with Crippen LogP contribution in [0.1, 0.15) is 10.5 Å². The molecule has 0 aliphatic carbocycles. The third-order valence-electron chi connectivity index (χ3n) is 2.33. The van der Waals surface area contributed by atoms with E-state index in [2.05, 4.69) is 15.5 Å². The molecule has 102 valence electrons. The normalized spacial score (nSPS) is 10.0. The average Bonchev–Trinajstić information content (AvgIpc) is 2.89. The van der Waals surface area contributed by atoms with Crippen molar-refractivity contribution in [2.75, 3.05) is 5.32 Å². The van der Waals surface area contributed by atoms with E-state index < -0.39 is 21.6 Å². The Morgan fingerprint density at radius 2 is 1.80 bits per heavy atom. The number of amides is 1. The number of H-pyrrole nitrogens is 1. The second-order valence-corrected chi connectivity index (χ2v) is 3.65. The Morgan fingerprint density at radius 1 is 1.15 bits per heavy atom. The van der Waals surface area contributed by atoms with E-state index in [9.17, 15) is 25.0 Å². The highest BCUT2D eigenvalue weighted by molar-refractivity contribution is 6.03. The van der Waals surface area contributed by atoms with E-state index in [1.165, 1.54) is 24.3 Å². The molecule has 0 radical (unpaired) electrons. The molecule has 0 unspecified atom stereocenters. The Morgan fingerprint density at radius 3 is 2.30 bits per heavy atom. The molecular weight excluding hydrogens is 270 g/mol. The van der Waals surface area contributed by atoms with Gasteiger partial charge in [-0.05, 0) is 17.1 Å². The molecule has 2 rings (SSSR count). The molecule has 1 heterocycles. The second kappa shape index (κ2) is 5.14. The molecule has 0 saturated carbocycles. The van der Waals surface area contributed by atoms with Gasteiger partial charge in [0, 0.05) is 17.8 Å². The van der Waals surface area contributed by atoms with Crippen LogP contribution in [0, 0.1) is 20.2 Å². The van der Waals surface area contributed by atoms with Gasteiger partial charge in [-0.15, -0.1) is 5.10 Å². The number of nitrogens with one attached hydrogen (secondary N) is 2. The summed E-state index contributed by atoms with van der Waals surface area (Å²) >= 11 is 0. The van der Waals surface area contributed by atoms with Crippen molar-refractivity contribution in [1.29, 1.82) is 0 Å². The van der Waals surface area contributed by atoms with E-state index >= 15 is 0 Å². The topological polar surface area (TPSA) is 144 Å². The summed E-state index contributed by atoms with van der Waals surface area (Å²) in [7, 11) is 0. The highest BCUT2D eigenvalue weighted by Crippen LogP contribution is 2.16. The molecule has 0 spiro atoms. The number of aromatic nitrogens is 2. The minimum atomic E-state index is -0.713. The van der Waals surface area contributed by atoms with Gasteiger partial charge in [-0.2, -0.15) is 0 Å². The van der Waals surface area contributed by atoms with E-state index in [0.717, 1.165) is 6.07 Å². The zero-order chi connectivity index (χ0) is 14.7. The standard InChI is InChI=1S/C10H7N5O5/c16-10(8-5-9(13-12-8)15(19)20)11-6-1-3-7(4-2-6)14(17)18/h1-5H,(H,11,16)(H,12,13). The van der Waals surface area contributed by atoms with Crippen molar-refractivity contribution in [3.63, 3.8) is 0 Å². The molecule has 0 bridgehead atoms. The summed E-state index contributed by atoms with van der Waals surface area (Å²) in [4.78, 5) is 31.3. The molecule has 1 aromatic carbocycles. The van der Waals surface area contributed by atoms with Gasteiger partial charge < -0.3 is 15.4 Å². The number of hydrogen-bond acceptors (Lipinski definition) is 6. The van der Waals surface area contributed by atoms with Gasteiger partial charge in [0.25, 0.3) is 11.6 Å². The lowest BCUT2D eigenvalue weighted by Crippen LogP contribution is -2.12. The lowest BCUT2D eigenvalue weighted by molar-refractivity contribution is -0.389. The van der Waals surface area contributed by atoms with Crippen LogP contribution < -0.4 is 5.32 Å². The van der Waals surface area contributed by atoms with Crippen LogP contribution in [0.4, 0.5) is 17.2 Å². The summed E-state index contributed by atoms with van der Waals surface area (Å²) in [5.74, 6) is -1.07. The van der Waals surface area contributed by atoms with Crippen LogP contribution in [0.2, 0.25) is 0 Å². The summed E-state index contributed by atoms with van der Waals surface area (Å²) in [5, 5.41) is 28.9. The molecule has 10 nitrogen and oxygen atoms in total. The van der Waals surface area contributed by atoms with Crippen molar-refractivity contribution in [3.05, 3.63) is 56.3 Å². The van der Waals surface area contributed by atoms with Gasteiger partial charge in [0.2, 0.25) is 0 Å². The summed E-state index contributed by atoms with van der Waals surface area (Å²) in [5.41, 5.74) is 0.0414. The molecule has 2 N–H and O–H groups in total. The number of nitrogens with zero attached hydrogens (tertiary/aromatic N) is 3. The molecule has 2 aromatic rings. The molecule has 20 heavy (non-hydrogen) atoms. The first-order valence-corrected chi connectivity index (χ1v) is 5.23. The second-order valence-electron chi connectivity index (χ2n) is 3.65. The van der Waals surface area contributed by atoms with E-state index in [1.807, 2.05) is 0 Å². The molecule has 0 saturated heterocycles. The van der Waals surface area contributed by atoms with Crippen molar-refractivity contribution >= 4 is 23.1 Å². The number of nitro benzene ring substituents is 1. The summed E-state index contributed by atoms with van der Waals surface area (Å²) in [6.45, 7) is 0. The predicted octanol–water partition coefficient (Wildman–Crippen LogP) is 1.48. The fraction of sp³-hybridized carbons (Fsp3) is 0. The Balaban J connectivity index is 2.10. The maximum absolute atomic E-state index is 11.7. The smallest absolute Gasteiger partial charge is 0.343 e. The maximum Gasteiger partial charge on any atom is 0.343 e. The van der Waals surface area contributed by atoms with Gasteiger partial charge in [-0.25, -0.2) is 0 Å². The van der Waals surface area contributed by atoms with E-state index in [1.54, 1.807) is 0 Å². The number of nitro groups is 2. The lowest BCUT2D eigenvalue weighted by atomic mass is 10.2. The molecule has 0 aliphatic heterocycles. The van der Waals surface area contributed by atoms with Crippen molar-refractivity contribution in [1.82, 2.24) is 10.2 Å². The van der Waals surface area contributed by atoms with Gasteiger partial charge in [-0.3, -0.25) is 14.9 Å². The largest absolute Gasteiger partial charge is 0.358 e. The van der Waals surface area contributed by atoms with Gasteiger partial charge >= 0.3 is 5.82 Å². The molecule has 0 fully saturated rings. The van der Waals surface area contributed by atoms with Crippen molar-refractivity contribution in [2.24, 2.45) is 0 Å². The molecule has 10 heteroatoms. The van der Waals surface area contributed by atoms with Gasteiger partial charge in [0.15, 0.2) is 5.69 Å². The Bertz CT molecular complexity index is 678. The monoisotopic (exact) mass is 277 g/mol. The minimum absolute atomic E-state index is 0.113. The third-order valence-corrected chi connectivity index (χ3v) is 2.33. The first-order valence-electron chi connectivity index (χ1n) is 5.23. The highest BCUT2D eigenvalue weighted by atomic mass is 16.6. The fourth-order valence-corrected chi connectivity index (χ4v) is 1.38. The van der Waals surface area contributed by atoms with Crippen LogP contribution in [0.15, 0.2) is 30.3 Å². The van der Waals surface area contributed by atoms with Gasteiger partial charge in [0.05, 0.1) is 11.0 Å². The maximum atomic E-state index is 11.7. The number of non-ortho nitro benzene ring substituents is 1. The first-order chi connectivity index (χ1) is 9.47. The zero-order valence-electron chi connectivity index (χ0n) is 9.77. The lowest BCUT2D eigenvalue weighted by Gasteiger charge is -2.01. The first kappa shape index (κ1) is 13.1. The molecule has 0 atom stereocenters. The molecular formula is C10H7N5O5. The van der Waals surface area contributed by atoms with E-state index in [4.69, 9.17) is 0 Å². The highest BCUT2D eigenvalue weighted by Gasteiger charge is 2.16. The van der Waals surface area contributed by atoms with Gasteiger partial charge in [-0.1, -0.05) is 5.10 Å². The number of rotatable bonds is 4. The number of hydrogen-bond donors (Lipinski definition) is 2. The number of carbonyl (C=O) groups excluding carboxylic acids is 1. The Labute approximate surface area is 110 Å². The van der Waals surface area contributed by atoms with Crippen molar-refractivity contribution in [3.8, 4) is 0 Å². The Hall–Kier alpha value is -3.30. The van der Waals surface area contributed by atoms with Gasteiger partial charge in [0.1, 0.15) is 0 Å². The fourth-order valence-electron chi connectivity index (χ4n) is 1.38. The van der Waals surface area contributed by atoms with Crippen LogP contribution in [0.3, 0.4) is 0 Å². The average molecular weight is 277 g/mol. The van der Waals surface area contributed by atoms with E-state index in [0.29, 0.717) is 5.69 Å². The number of aromatic amines is 1. The molecule has 0 aliphatic rings. The summed E-state index contributed by atoms with van der Waals surface area (Å²) in [6, 6.07) is 6.13. The third kappa shape index (κ3) is 2.75. The van der Waals surface area contributed by atoms with Crippen LogP contribution >= 0.6 is 0 Å². The predicted molar refractivity (Wildman–Crippen MR) is 66.3 cm³/mol. The van der Waals surface area contributed by atoms with E-state index in [-0.39, 0.29) is 11.4 Å². The summed E-state index contributed by atoms with van der Waals surface area (Å²) < 4.78 is 0. The number of carbonyl (C=O) groups is 1. The van der Waals surface area contributed by atoms with Crippen molar-refractivity contribution < 1.29 is 14.6 Å². The molecule has 1 aromatic heterocycles. The summed E-state index contributed by atoms with van der Waals surface area (Å²) in [6.07, 6.45) is 0. The Kier molecular flexibility index (Phi) is 3.37. The van der Waals surface area contributed by atoms with Crippen LogP contribution in [0.25, 0.3) is 0 Å². The quantitative estimate of drug-likeness (QED) is 0.639. The number of anilines is 1. The van der Waals surface area contributed by atoms with Crippen LogP contribution in [0.5, 0.6) is 0 Å². The SMILES string of the molecule is O=C(Nc1ccc([N+](=O)[O-])cc1)c1cc([N+](=O)[O-])[nH]n1. The molecule has 1 amide bonds.